The van der Waals surface area contributed by atoms with Crippen molar-refractivity contribution in [3.05, 3.63) is 0 Å². The Hall–Kier alpha value is -0.0400. The van der Waals surface area contributed by atoms with E-state index in [-0.39, 0.29) is 0 Å². The summed E-state index contributed by atoms with van der Waals surface area (Å²) in [4.78, 5) is 0. The van der Waals surface area contributed by atoms with Crippen LogP contribution in [0.15, 0.2) is 0 Å². The summed E-state index contributed by atoms with van der Waals surface area (Å²) in [5.41, 5.74) is 1.07. The summed E-state index contributed by atoms with van der Waals surface area (Å²) in [6, 6.07) is 0. The van der Waals surface area contributed by atoms with E-state index in [0.717, 1.165) is 18.4 Å². The van der Waals surface area contributed by atoms with Crippen LogP contribution < -0.4 is 5.32 Å². The van der Waals surface area contributed by atoms with Crippen molar-refractivity contribution in [3.63, 3.8) is 0 Å². The second-order valence-electron chi connectivity index (χ2n) is 7.83. The molecule has 1 aliphatic carbocycles. The largest absolute Gasteiger partial charge is 0.316 e. The van der Waals surface area contributed by atoms with Gasteiger partial charge in [-0.25, -0.2) is 0 Å². The molecule has 0 aromatic heterocycles. The Morgan fingerprint density at radius 2 is 1.56 bits per heavy atom. The average molecular weight is 225 g/mol. The molecule has 1 saturated carbocycles. The molecule has 96 valence electrons. The summed E-state index contributed by atoms with van der Waals surface area (Å²) >= 11 is 0. The molecule has 1 rings (SSSR count). The smallest absolute Gasteiger partial charge is 0.00200 e. The maximum atomic E-state index is 3.63. The lowest BCUT2D eigenvalue weighted by Crippen LogP contribution is -2.38. The van der Waals surface area contributed by atoms with Gasteiger partial charge in [0.1, 0.15) is 0 Å². The van der Waals surface area contributed by atoms with Crippen LogP contribution in [0.5, 0.6) is 0 Å². The van der Waals surface area contributed by atoms with E-state index in [1.165, 1.54) is 25.8 Å². The fourth-order valence-corrected chi connectivity index (χ4v) is 3.80. The molecule has 1 aliphatic rings. The van der Waals surface area contributed by atoms with Gasteiger partial charge in [-0.2, -0.15) is 0 Å². The van der Waals surface area contributed by atoms with E-state index in [1.54, 1.807) is 0 Å². The van der Waals surface area contributed by atoms with Crippen molar-refractivity contribution in [3.8, 4) is 0 Å². The molecule has 16 heavy (non-hydrogen) atoms. The molecular formula is C15H31N. The van der Waals surface area contributed by atoms with E-state index in [4.69, 9.17) is 0 Å². The van der Waals surface area contributed by atoms with Crippen LogP contribution in [0.2, 0.25) is 0 Å². The molecule has 0 bridgehead atoms. The Kier molecular flexibility index (Phi) is 4.45. The van der Waals surface area contributed by atoms with E-state index >= 15 is 0 Å². The van der Waals surface area contributed by atoms with Crippen LogP contribution in [0.25, 0.3) is 0 Å². The lowest BCUT2D eigenvalue weighted by atomic mass is 9.61. The molecule has 0 saturated heterocycles. The van der Waals surface area contributed by atoms with Crippen molar-refractivity contribution in [2.45, 2.75) is 60.8 Å². The molecule has 1 fully saturated rings. The molecule has 0 aromatic rings. The Balaban J connectivity index is 2.42. The van der Waals surface area contributed by atoms with E-state index in [9.17, 15) is 0 Å². The predicted molar refractivity (Wildman–Crippen MR) is 72.6 cm³/mol. The zero-order valence-electron chi connectivity index (χ0n) is 12.2. The van der Waals surface area contributed by atoms with Crippen molar-refractivity contribution in [1.29, 1.82) is 0 Å². The van der Waals surface area contributed by atoms with Crippen LogP contribution >= 0.6 is 0 Å². The lowest BCUT2D eigenvalue weighted by Gasteiger charge is -2.45. The molecule has 1 nitrogen and oxygen atoms in total. The minimum atomic E-state index is 0.534. The van der Waals surface area contributed by atoms with Crippen LogP contribution in [-0.4, -0.2) is 13.1 Å². The van der Waals surface area contributed by atoms with Gasteiger partial charge < -0.3 is 5.32 Å². The van der Waals surface area contributed by atoms with Gasteiger partial charge in [-0.05, 0) is 55.0 Å². The third-order valence-electron chi connectivity index (χ3n) is 3.63. The molecule has 0 radical (unpaired) electrons. The third kappa shape index (κ3) is 4.86. The molecule has 0 aliphatic heterocycles. The summed E-state index contributed by atoms with van der Waals surface area (Å²) in [6.07, 6.45) is 4.16. The SMILES string of the molecule is CC(C)CNCC1CC(C)(C)CC(C)(C)C1. The Morgan fingerprint density at radius 1 is 1.06 bits per heavy atom. The molecule has 0 amide bonds. The maximum absolute atomic E-state index is 3.63. The van der Waals surface area contributed by atoms with Gasteiger partial charge in [-0.1, -0.05) is 41.5 Å². The number of hydrogen-bond donors (Lipinski definition) is 1. The van der Waals surface area contributed by atoms with Crippen LogP contribution in [-0.2, 0) is 0 Å². The van der Waals surface area contributed by atoms with Crippen LogP contribution in [0, 0.1) is 22.7 Å². The van der Waals surface area contributed by atoms with Gasteiger partial charge in [0.15, 0.2) is 0 Å². The highest BCUT2D eigenvalue weighted by atomic mass is 14.9. The molecule has 0 spiro atoms. The normalized spacial score (nSPS) is 24.9. The molecule has 0 aromatic carbocycles. The first-order chi connectivity index (χ1) is 7.20. The lowest BCUT2D eigenvalue weighted by molar-refractivity contribution is 0.0672. The van der Waals surface area contributed by atoms with E-state index in [0.29, 0.717) is 10.8 Å². The topological polar surface area (TPSA) is 12.0 Å². The minimum Gasteiger partial charge on any atom is -0.316 e. The number of hydrogen-bond acceptors (Lipinski definition) is 1. The fraction of sp³-hybridized carbons (Fsp3) is 1.00. The van der Waals surface area contributed by atoms with Gasteiger partial charge in [0.25, 0.3) is 0 Å². The van der Waals surface area contributed by atoms with Gasteiger partial charge in [-0.3, -0.25) is 0 Å². The van der Waals surface area contributed by atoms with Gasteiger partial charge in [0, 0.05) is 0 Å². The molecule has 1 heteroatoms. The standard InChI is InChI=1S/C15H31N/c1-12(2)9-16-10-13-7-14(3,4)11-15(5,6)8-13/h12-13,16H,7-11H2,1-6H3. The monoisotopic (exact) mass is 225 g/mol. The second kappa shape index (κ2) is 5.08. The first-order valence-corrected chi connectivity index (χ1v) is 6.91. The third-order valence-corrected chi connectivity index (χ3v) is 3.63. The van der Waals surface area contributed by atoms with E-state index in [1.807, 2.05) is 0 Å². The van der Waals surface area contributed by atoms with Gasteiger partial charge >= 0.3 is 0 Å². The van der Waals surface area contributed by atoms with Crippen molar-refractivity contribution < 1.29 is 0 Å². The Labute approximate surface area is 102 Å². The minimum absolute atomic E-state index is 0.534. The quantitative estimate of drug-likeness (QED) is 0.760. The zero-order valence-corrected chi connectivity index (χ0v) is 12.2. The molecule has 0 heterocycles. The van der Waals surface area contributed by atoms with Crippen molar-refractivity contribution in [2.24, 2.45) is 22.7 Å². The maximum Gasteiger partial charge on any atom is -0.00200 e. The molecular weight excluding hydrogens is 194 g/mol. The van der Waals surface area contributed by atoms with Gasteiger partial charge in [0.05, 0.1) is 0 Å². The average Bonchev–Trinajstić information content (AvgIpc) is 1.96. The molecule has 1 N–H and O–H groups in total. The Morgan fingerprint density at radius 3 is 2.00 bits per heavy atom. The summed E-state index contributed by atoms with van der Waals surface area (Å²) < 4.78 is 0. The molecule has 0 atom stereocenters. The summed E-state index contributed by atoms with van der Waals surface area (Å²) in [5, 5.41) is 3.63. The highest BCUT2D eigenvalue weighted by Crippen LogP contribution is 2.47. The number of rotatable bonds is 4. The van der Waals surface area contributed by atoms with Crippen molar-refractivity contribution in [2.75, 3.05) is 13.1 Å². The van der Waals surface area contributed by atoms with Crippen LogP contribution in [0.1, 0.15) is 60.8 Å². The predicted octanol–water partition coefficient (Wildman–Crippen LogP) is 4.08. The van der Waals surface area contributed by atoms with E-state index in [2.05, 4.69) is 46.9 Å². The van der Waals surface area contributed by atoms with Crippen molar-refractivity contribution in [1.82, 2.24) is 5.32 Å². The Bertz CT molecular complexity index is 199. The summed E-state index contributed by atoms with van der Waals surface area (Å²) in [6.45, 7) is 16.7. The molecule has 0 unspecified atom stereocenters. The van der Waals surface area contributed by atoms with Crippen LogP contribution in [0.3, 0.4) is 0 Å². The van der Waals surface area contributed by atoms with Crippen LogP contribution in [0.4, 0.5) is 0 Å². The first-order valence-electron chi connectivity index (χ1n) is 6.91. The fourth-order valence-electron chi connectivity index (χ4n) is 3.80. The second-order valence-corrected chi connectivity index (χ2v) is 7.83. The van der Waals surface area contributed by atoms with E-state index < -0.39 is 0 Å². The summed E-state index contributed by atoms with van der Waals surface area (Å²) in [7, 11) is 0. The van der Waals surface area contributed by atoms with Crippen molar-refractivity contribution >= 4 is 0 Å². The summed E-state index contributed by atoms with van der Waals surface area (Å²) in [5.74, 6) is 1.64. The number of nitrogens with one attached hydrogen (secondary N) is 1. The van der Waals surface area contributed by atoms with Gasteiger partial charge in [0.2, 0.25) is 0 Å². The zero-order chi connectivity index (χ0) is 12.4. The highest BCUT2D eigenvalue weighted by Gasteiger charge is 2.37. The van der Waals surface area contributed by atoms with Gasteiger partial charge in [-0.15, -0.1) is 0 Å². The highest BCUT2D eigenvalue weighted by molar-refractivity contribution is 4.89. The first kappa shape index (κ1) is 14.0.